The second-order valence-corrected chi connectivity index (χ2v) is 24.2. The minimum atomic E-state index is -4.39. The molecule has 1 N–H and O–H groups in total. The first-order chi connectivity index (χ1) is 36.5. The van der Waals surface area contributed by atoms with E-state index in [-0.39, 0.29) is 32.0 Å². The Morgan fingerprint density at radius 1 is 0.427 bits per heavy atom. The van der Waals surface area contributed by atoms with Gasteiger partial charge >= 0.3 is 19.8 Å². The van der Waals surface area contributed by atoms with Crippen LogP contribution >= 0.6 is 7.82 Å². The number of carbonyl (C=O) groups is 2. The van der Waals surface area contributed by atoms with Gasteiger partial charge in [0.2, 0.25) is 0 Å². The number of carbonyl (C=O) groups excluding carboxylic acids is 2. The van der Waals surface area contributed by atoms with Gasteiger partial charge in [-0.05, 0) is 51.4 Å². The number of phosphoric ester groups is 1. The second kappa shape index (κ2) is 56.7. The lowest BCUT2D eigenvalue weighted by Gasteiger charge is -2.24. The molecule has 2 unspecified atom stereocenters. The number of likely N-dealkylation sites (N-methyl/N-ethyl adjacent to an activating group) is 1. The molecule has 0 aliphatic rings. The van der Waals surface area contributed by atoms with Gasteiger partial charge in [-0.2, -0.15) is 0 Å². The lowest BCUT2D eigenvalue weighted by Crippen LogP contribution is -2.37. The predicted octanol–water partition coefficient (Wildman–Crippen LogP) is 20.1. The monoisotopic (exact) mass is 1080 g/mol. The first kappa shape index (κ1) is 73.0. The van der Waals surface area contributed by atoms with Crippen molar-refractivity contribution in [2.75, 3.05) is 47.5 Å². The highest BCUT2D eigenvalue weighted by Crippen LogP contribution is 2.43. The van der Waals surface area contributed by atoms with Crippen LogP contribution in [0, 0.1) is 0 Å². The average molecular weight is 1080 g/mol. The molecular formula is C65H123NO8P+. The Balaban J connectivity index is 4.01. The summed E-state index contributed by atoms with van der Waals surface area (Å²) in [7, 11) is 1.47. The van der Waals surface area contributed by atoms with Gasteiger partial charge in [0, 0.05) is 12.8 Å². The Hall–Kier alpha value is -2.03. The topological polar surface area (TPSA) is 108 Å². The molecule has 0 heterocycles. The number of quaternary nitrogens is 1. The van der Waals surface area contributed by atoms with Crippen LogP contribution in [-0.4, -0.2) is 74.9 Å². The molecule has 2 atom stereocenters. The van der Waals surface area contributed by atoms with Crippen molar-refractivity contribution in [2.24, 2.45) is 0 Å². The number of rotatable bonds is 59. The number of phosphoric acid groups is 1. The van der Waals surface area contributed by atoms with E-state index in [9.17, 15) is 19.0 Å². The normalized spacial score (nSPS) is 13.5. The third-order valence-electron chi connectivity index (χ3n) is 14.1. The third-order valence-corrected chi connectivity index (χ3v) is 15.1. The summed E-state index contributed by atoms with van der Waals surface area (Å²) in [6, 6.07) is 0. The van der Waals surface area contributed by atoms with Crippen molar-refractivity contribution >= 4 is 19.8 Å². The highest BCUT2D eigenvalue weighted by molar-refractivity contribution is 7.47. The zero-order chi connectivity index (χ0) is 54.9. The summed E-state index contributed by atoms with van der Waals surface area (Å²) < 4.78 is 34.6. The zero-order valence-electron chi connectivity index (χ0n) is 50.0. The van der Waals surface area contributed by atoms with E-state index >= 15 is 0 Å². The van der Waals surface area contributed by atoms with Gasteiger partial charge in [-0.25, -0.2) is 4.57 Å². The number of unbranched alkanes of at least 4 members (excludes halogenated alkanes) is 37. The van der Waals surface area contributed by atoms with Crippen molar-refractivity contribution in [1.29, 1.82) is 0 Å². The summed E-state index contributed by atoms with van der Waals surface area (Å²) >= 11 is 0. The van der Waals surface area contributed by atoms with Crippen molar-refractivity contribution < 1.29 is 42.1 Å². The third kappa shape index (κ3) is 61.1. The molecule has 9 nitrogen and oxygen atoms in total. The van der Waals surface area contributed by atoms with Crippen LogP contribution in [-0.2, 0) is 32.7 Å². The molecule has 0 rings (SSSR count). The van der Waals surface area contributed by atoms with Crippen molar-refractivity contribution in [1.82, 2.24) is 0 Å². The highest BCUT2D eigenvalue weighted by Gasteiger charge is 2.27. The van der Waals surface area contributed by atoms with Crippen molar-refractivity contribution in [3.8, 4) is 0 Å². The van der Waals surface area contributed by atoms with Gasteiger partial charge in [0.25, 0.3) is 0 Å². The number of hydrogen-bond donors (Lipinski definition) is 1. The van der Waals surface area contributed by atoms with E-state index in [1.54, 1.807) is 0 Å². The zero-order valence-corrected chi connectivity index (χ0v) is 50.9. The number of hydrogen-bond acceptors (Lipinski definition) is 7. The molecular weight excluding hydrogens is 954 g/mol. The number of esters is 2. The van der Waals surface area contributed by atoms with Crippen LogP contribution in [0.4, 0.5) is 0 Å². The minimum Gasteiger partial charge on any atom is -0.462 e. The number of nitrogens with zero attached hydrogens (tertiary/aromatic N) is 1. The van der Waals surface area contributed by atoms with Gasteiger partial charge in [-0.3, -0.25) is 18.6 Å². The fourth-order valence-electron chi connectivity index (χ4n) is 9.25. The molecule has 10 heteroatoms. The van der Waals surface area contributed by atoms with E-state index in [1.807, 2.05) is 21.1 Å². The molecule has 0 spiro atoms. The average Bonchev–Trinajstić information content (AvgIpc) is 3.37. The fraction of sp³-hybridized carbons (Fsp3) is 0.846. The van der Waals surface area contributed by atoms with Gasteiger partial charge in [-0.1, -0.05) is 287 Å². The number of allylic oxidation sites excluding steroid dienone is 8. The van der Waals surface area contributed by atoms with E-state index in [4.69, 9.17) is 18.5 Å². The van der Waals surface area contributed by atoms with Gasteiger partial charge in [-0.15, -0.1) is 0 Å². The molecule has 75 heavy (non-hydrogen) atoms. The Kier molecular flexibility index (Phi) is 55.1. The second-order valence-electron chi connectivity index (χ2n) is 22.8. The molecule has 0 aromatic carbocycles. The smallest absolute Gasteiger partial charge is 0.462 e. The first-order valence-electron chi connectivity index (χ1n) is 31.9. The largest absolute Gasteiger partial charge is 0.472 e. The van der Waals surface area contributed by atoms with Crippen molar-refractivity contribution in [3.05, 3.63) is 48.6 Å². The quantitative estimate of drug-likeness (QED) is 0.0211. The summed E-state index contributed by atoms with van der Waals surface area (Å²) in [4.78, 5) is 35.7. The molecule has 0 bridgehead atoms. The standard InChI is InChI=1S/C65H122NO8P/c1-6-8-10-12-14-16-18-20-22-24-26-27-28-29-30-31-32-33-34-35-36-37-38-40-41-43-45-47-49-51-53-55-57-64(67)71-61-63(62-73-75(69,70)72-60-59-66(3,4)5)74-65(68)58-56-54-52-50-48-46-44-42-39-25-23-21-19-17-15-13-11-9-7-2/h9,11,15,17,21,23,39,42,63H,6-8,10,12-14,16,18-20,22,24-38,40-41,43-62H2,1-5H3/p+1/b11-9-,17-15-,23-21-,42-39-. The van der Waals surface area contributed by atoms with E-state index < -0.39 is 26.5 Å². The molecule has 0 fully saturated rings. The van der Waals surface area contributed by atoms with Crippen LogP contribution in [0.5, 0.6) is 0 Å². The Morgan fingerprint density at radius 2 is 0.760 bits per heavy atom. The summed E-state index contributed by atoms with van der Waals surface area (Å²) in [5.41, 5.74) is 0. The first-order valence-corrected chi connectivity index (χ1v) is 33.4. The van der Waals surface area contributed by atoms with Gasteiger partial charge in [0.15, 0.2) is 6.10 Å². The Morgan fingerprint density at radius 3 is 1.13 bits per heavy atom. The molecule has 0 amide bonds. The fourth-order valence-corrected chi connectivity index (χ4v) is 9.99. The Labute approximate surface area is 464 Å². The molecule has 0 aromatic heterocycles. The summed E-state index contributed by atoms with van der Waals surface area (Å²) in [5, 5.41) is 0. The molecule has 0 aliphatic heterocycles. The Bertz CT molecular complexity index is 1410. The minimum absolute atomic E-state index is 0.0286. The van der Waals surface area contributed by atoms with Crippen LogP contribution < -0.4 is 0 Å². The van der Waals surface area contributed by atoms with Gasteiger partial charge in [0.1, 0.15) is 19.8 Å². The molecule has 0 aliphatic carbocycles. The van der Waals surface area contributed by atoms with Crippen LogP contribution in [0.1, 0.15) is 303 Å². The molecule has 0 radical (unpaired) electrons. The lowest BCUT2D eigenvalue weighted by molar-refractivity contribution is -0.870. The summed E-state index contributed by atoms with van der Waals surface area (Å²) in [6.07, 6.45) is 72.1. The summed E-state index contributed by atoms with van der Waals surface area (Å²) in [6.45, 7) is 4.35. The van der Waals surface area contributed by atoms with E-state index in [1.165, 1.54) is 186 Å². The van der Waals surface area contributed by atoms with Gasteiger partial charge < -0.3 is 18.9 Å². The van der Waals surface area contributed by atoms with Crippen LogP contribution in [0.25, 0.3) is 0 Å². The van der Waals surface area contributed by atoms with E-state index in [0.717, 1.165) is 83.5 Å². The maximum atomic E-state index is 12.8. The molecule has 0 saturated carbocycles. The highest BCUT2D eigenvalue weighted by atomic mass is 31.2. The molecule has 0 saturated heterocycles. The van der Waals surface area contributed by atoms with E-state index in [2.05, 4.69) is 62.5 Å². The van der Waals surface area contributed by atoms with Gasteiger partial charge in [0.05, 0.1) is 27.7 Å². The molecule has 0 aromatic rings. The lowest BCUT2D eigenvalue weighted by atomic mass is 10.0. The number of ether oxygens (including phenoxy) is 2. The maximum absolute atomic E-state index is 12.8. The van der Waals surface area contributed by atoms with Crippen molar-refractivity contribution in [2.45, 2.75) is 309 Å². The van der Waals surface area contributed by atoms with Crippen LogP contribution in [0.15, 0.2) is 48.6 Å². The van der Waals surface area contributed by atoms with Crippen molar-refractivity contribution in [3.63, 3.8) is 0 Å². The van der Waals surface area contributed by atoms with Crippen LogP contribution in [0.3, 0.4) is 0 Å². The van der Waals surface area contributed by atoms with E-state index in [0.29, 0.717) is 17.4 Å². The SMILES string of the molecule is CC/C=C\C/C=C\C/C=C\C/C=C\CCCCCCCCC(=O)OC(COC(=O)CCCCCCCCCCCCCCCCCCCCCCCCCCCCCCCCCC)COP(=O)(O)OCC[N+](C)(C)C. The van der Waals surface area contributed by atoms with Crippen LogP contribution in [0.2, 0.25) is 0 Å². The summed E-state index contributed by atoms with van der Waals surface area (Å²) in [5.74, 6) is -0.802. The molecule has 440 valence electrons. The maximum Gasteiger partial charge on any atom is 0.472 e. The predicted molar refractivity (Wildman–Crippen MR) is 321 cm³/mol.